The van der Waals surface area contributed by atoms with Crippen LogP contribution in [0.25, 0.3) is 0 Å². The molecule has 0 heterocycles. The van der Waals surface area contributed by atoms with Gasteiger partial charge in [0.05, 0.1) is 10.7 Å². The molecule has 0 bridgehead atoms. The Morgan fingerprint density at radius 1 is 1.29 bits per heavy atom. The Labute approximate surface area is 103 Å². The molecule has 0 spiro atoms. The number of hydrogen-bond donors (Lipinski definition) is 3. The van der Waals surface area contributed by atoms with Crippen molar-refractivity contribution in [3.05, 3.63) is 23.2 Å². The summed E-state index contributed by atoms with van der Waals surface area (Å²) >= 11 is 5.87. The maximum Gasteiger partial charge on any atom is 0.313 e. The van der Waals surface area contributed by atoms with Gasteiger partial charge in [-0.2, -0.15) is 0 Å². The van der Waals surface area contributed by atoms with Crippen LogP contribution in [0.5, 0.6) is 0 Å². The molecule has 1 fully saturated rings. The quantitative estimate of drug-likeness (QED) is 0.546. The Morgan fingerprint density at radius 3 is 2.59 bits per heavy atom. The van der Waals surface area contributed by atoms with Crippen molar-refractivity contribution in [1.29, 1.82) is 0 Å². The van der Waals surface area contributed by atoms with Gasteiger partial charge in [0, 0.05) is 11.7 Å². The molecule has 0 atom stereocenters. The molecule has 0 aromatic heterocycles. The second-order valence-electron chi connectivity index (χ2n) is 3.94. The highest BCUT2D eigenvalue weighted by atomic mass is 35.5. The fourth-order valence-corrected chi connectivity index (χ4v) is 1.53. The fourth-order valence-electron chi connectivity index (χ4n) is 1.29. The molecule has 4 N–H and O–H groups in total. The van der Waals surface area contributed by atoms with Crippen LogP contribution in [0, 0.1) is 0 Å². The molecule has 0 unspecified atom stereocenters. The third kappa shape index (κ3) is 3.10. The third-order valence-corrected chi connectivity index (χ3v) is 2.67. The molecular formula is C11H12ClN3O2. The highest BCUT2D eigenvalue weighted by Crippen LogP contribution is 2.24. The van der Waals surface area contributed by atoms with Gasteiger partial charge in [-0.25, -0.2) is 0 Å². The predicted molar refractivity (Wildman–Crippen MR) is 65.7 cm³/mol. The number of carbonyl (C=O) groups excluding carboxylic acids is 2. The summed E-state index contributed by atoms with van der Waals surface area (Å²) in [5, 5.41) is 5.32. The summed E-state index contributed by atoms with van der Waals surface area (Å²) in [5.41, 5.74) is 6.38. The third-order valence-electron chi connectivity index (χ3n) is 2.36. The summed E-state index contributed by atoms with van der Waals surface area (Å²) in [5.74, 6) is -1.36. The van der Waals surface area contributed by atoms with Crippen molar-refractivity contribution < 1.29 is 9.59 Å². The topological polar surface area (TPSA) is 84.2 Å². The van der Waals surface area contributed by atoms with Gasteiger partial charge in [-0.15, -0.1) is 0 Å². The number of nitrogens with two attached hydrogens (primary N) is 1. The molecule has 1 aromatic rings. The van der Waals surface area contributed by atoms with Crippen molar-refractivity contribution in [2.75, 3.05) is 11.1 Å². The van der Waals surface area contributed by atoms with Crippen LogP contribution in [0.15, 0.2) is 18.2 Å². The number of carbonyl (C=O) groups is 2. The number of hydrogen-bond acceptors (Lipinski definition) is 3. The molecule has 0 radical (unpaired) electrons. The van der Waals surface area contributed by atoms with E-state index in [9.17, 15) is 9.59 Å². The van der Waals surface area contributed by atoms with Crippen LogP contribution in [-0.4, -0.2) is 17.9 Å². The van der Waals surface area contributed by atoms with E-state index in [4.69, 9.17) is 17.3 Å². The molecule has 90 valence electrons. The zero-order chi connectivity index (χ0) is 12.4. The first-order chi connectivity index (χ1) is 8.06. The zero-order valence-corrected chi connectivity index (χ0v) is 9.75. The van der Waals surface area contributed by atoms with Crippen LogP contribution in [0.1, 0.15) is 12.8 Å². The van der Waals surface area contributed by atoms with Gasteiger partial charge in [0.1, 0.15) is 0 Å². The number of halogens is 1. The van der Waals surface area contributed by atoms with E-state index >= 15 is 0 Å². The summed E-state index contributed by atoms with van der Waals surface area (Å²) in [6.07, 6.45) is 1.86. The first-order valence-electron chi connectivity index (χ1n) is 5.23. The lowest BCUT2D eigenvalue weighted by atomic mass is 10.3. The number of nitrogen functional groups attached to an aromatic ring is 1. The molecule has 5 nitrogen and oxygen atoms in total. The molecule has 1 aromatic carbocycles. The van der Waals surface area contributed by atoms with Crippen LogP contribution < -0.4 is 16.4 Å². The normalized spacial score (nSPS) is 14.2. The zero-order valence-electron chi connectivity index (χ0n) is 9.00. The smallest absolute Gasteiger partial charge is 0.313 e. The van der Waals surface area contributed by atoms with E-state index in [2.05, 4.69) is 10.6 Å². The Balaban J connectivity index is 1.99. The molecule has 2 amide bonds. The number of nitrogens with one attached hydrogen (secondary N) is 2. The molecule has 2 rings (SSSR count). The lowest BCUT2D eigenvalue weighted by molar-refractivity contribution is -0.136. The van der Waals surface area contributed by atoms with E-state index in [0.29, 0.717) is 16.4 Å². The maximum atomic E-state index is 11.5. The molecule has 6 heteroatoms. The van der Waals surface area contributed by atoms with Crippen molar-refractivity contribution in [2.45, 2.75) is 18.9 Å². The van der Waals surface area contributed by atoms with E-state index < -0.39 is 11.8 Å². The van der Waals surface area contributed by atoms with E-state index in [1.165, 1.54) is 6.07 Å². The molecule has 1 aliphatic carbocycles. The first kappa shape index (κ1) is 11.7. The van der Waals surface area contributed by atoms with Gasteiger partial charge in [-0.05, 0) is 31.0 Å². The molecule has 17 heavy (non-hydrogen) atoms. The van der Waals surface area contributed by atoms with Gasteiger partial charge >= 0.3 is 11.8 Å². The highest BCUT2D eigenvalue weighted by Gasteiger charge is 2.26. The van der Waals surface area contributed by atoms with Gasteiger partial charge in [-0.1, -0.05) is 11.6 Å². The minimum atomic E-state index is -0.719. The number of anilines is 2. The fraction of sp³-hybridized carbons (Fsp3) is 0.273. The van der Waals surface area contributed by atoms with Crippen molar-refractivity contribution >= 4 is 34.8 Å². The lowest BCUT2D eigenvalue weighted by Crippen LogP contribution is -2.36. The lowest BCUT2D eigenvalue weighted by Gasteiger charge is -2.07. The largest absolute Gasteiger partial charge is 0.399 e. The van der Waals surface area contributed by atoms with E-state index in [-0.39, 0.29) is 6.04 Å². The Morgan fingerprint density at radius 2 is 2.00 bits per heavy atom. The summed E-state index contributed by atoms with van der Waals surface area (Å²) in [4.78, 5) is 22.9. The second-order valence-corrected chi connectivity index (χ2v) is 4.35. The molecule has 0 aliphatic heterocycles. The summed E-state index contributed by atoms with van der Waals surface area (Å²) in [6.45, 7) is 0. The minimum absolute atomic E-state index is 0.148. The number of benzene rings is 1. The summed E-state index contributed by atoms with van der Waals surface area (Å²) in [7, 11) is 0. The first-order valence-corrected chi connectivity index (χ1v) is 5.61. The van der Waals surface area contributed by atoms with Gasteiger partial charge < -0.3 is 16.4 Å². The van der Waals surface area contributed by atoms with Gasteiger partial charge in [0.15, 0.2) is 0 Å². The van der Waals surface area contributed by atoms with Crippen molar-refractivity contribution in [3.8, 4) is 0 Å². The maximum absolute atomic E-state index is 11.5. The van der Waals surface area contributed by atoms with Crippen LogP contribution in [0.2, 0.25) is 5.02 Å². The average molecular weight is 254 g/mol. The van der Waals surface area contributed by atoms with Crippen molar-refractivity contribution in [2.24, 2.45) is 0 Å². The van der Waals surface area contributed by atoms with Crippen molar-refractivity contribution in [3.63, 3.8) is 0 Å². The van der Waals surface area contributed by atoms with E-state index in [0.717, 1.165) is 12.8 Å². The van der Waals surface area contributed by atoms with Crippen LogP contribution in [0.4, 0.5) is 11.4 Å². The average Bonchev–Trinajstić information content (AvgIpc) is 3.06. The standard InChI is InChI=1S/C11H12ClN3O2/c12-8-5-6(13)1-4-9(8)15-11(17)10(16)14-7-2-3-7/h1,4-5,7H,2-3,13H2,(H,14,16)(H,15,17). The number of amides is 2. The van der Waals surface area contributed by atoms with E-state index in [1.807, 2.05) is 0 Å². The number of rotatable bonds is 2. The minimum Gasteiger partial charge on any atom is -0.399 e. The molecule has 1 aliphatic rings. The SMILES string of the molecule is Nc1ccc(NC(=O)C(=O)NC2CC2)c(Cl)c1. The van der Waals surface area contributed by atoms with Crippen molar-refractivity contribution in [1.82, 2.24) is 5.32 Å². The Kier molecular flexibility index (Phi) is 3.19. The molecular weight excluding hydrogens is 242 g/mol. The van der Waals surface area contributed by atoms with Crippen LogP contribution in [-0.2, 0) is 9.59 Å². The second kappa shape index (κ2) is 4.63. The van der Waals surface area contributed by atoms with Gasteiger partial charge in [-0.3, -0.25) is 9.59 Å². The van der Waals surface area contributed by atoms with Crippen LogP contribution in [0.3, 0.4) is 0 Å². The highest BCUT2D eigenvalue weighted by molar-refractivity contribution is 6.41. The monoisotopic (exact) mass is 253 g/mol. The van der Waals surface area contributed by atoms with E-state index in [1.54, 1.807) is 12.1 Å². The summed E-state index contributed by atoms with van der Waals surface area (Å²) in [6, 6.07) is 4.81. The Hall–Kier alpha value is -1.75. The van der Waals surface area contributed by atoms with Gasteiger partial charge in [0.25, 0.3) is 0 Å². The van der Waals surface area contributed by atoms with Gasteiger partial charge in [0.2, 0.25) is 0 Å². The predicted octanol–water partition coefficient (Wildman–Crippen LogP) is 1.14. The van der Waals surface area contributed by atoms with Crippen LogP contribution >= 0.6 is 11.6 Å². The molecule has 0 saturated heterocycles. The summed E-state index contributed by atoms with van der Waals surface area (Å²) < 4.78 is 0. The Bertz CT molecular complexity index is 472. The molecule has 1 saturated carbocycles.